The minimum atomic E-state index is -0.0939. The van der Waals surface area contributed by atoms with Crippen LogP contribution in [-0.4, -0.2) is 19.1 Å². The molecule has 2 heteroatoms. The molecule has 0 aliphatic rings. The molecule has 0 saturated heterocycles. The number of nitrogens with two attached hydrogens (primary N) is 1. The Labute approximate surface area is 106 Å². The second kappa shape index (κ2) is 5.54. The normalized spacial score (nSPS) is 11.6. The van der Waals surface area contributed by atoms with Crippen LogP contribution in [0.25, 0.3) is 0 Å². The van der Waals surface area contributed by atoms with E-state index in [4.69, 9.17) is 5.73 Å². The van der Waals surface area contributed by atoms with E-state index in [2.05, 4.69) is 57.8 Å². The molecule has 0 fully saturated rings. The van der Waals surface area contributed by atoms with Crippen molar-refractivity contribution in [2.24, 2.45) is 5.73 Å². The van der Waals surface area contributed by atoms with Crippen molar-refractivity contribution in [1.82, 2.24) is 0 Å². The van der Waals surface area contributed by atoms with Crippen LogP contribution < -0.4 is 10.6 Å². The lowest BCUT2D eigenvalue weighted by Gasteiger charge is -2.28. The molecule has 1 rings (SSSR count). The summed E-state index contributed by atoms with van der Waals surface area (Å²) in [5, 5.41) is 0. The third-order valence-corrected chi connectivity index (χ3v) is 3.18. The van der Waals surface area contributed by atoms with Crippen molar-refractivity contribution in [3.05, 3.63) is 29.3 Å². The molecule has 0 saturated carbocycles. The van der Waals surface area contributed by atoms with Crippen LogP contribution in [0.4, 0.5) is 5.69 Å². The van der Waals surface area contributed by atoms with E-state index in [1.54, 1.807) is 0 Å². The second-order valence-electron chi connectivity index (χ2n) is 5.60. The summed E-state index contributed by atoms with van der Waals surface area (Å²) in [6, 6.07) is 6.53. The van der Waals surface area contributed by atoms with E-state index in [0.717, 1.165) is 19.4 Å². The van der Waals surface area contributed by atoms with Gasteiger partial charge in [-0.3, -0.25) is 0 Å². The summed E-state index contributed by atoms with van der Waals surface area (Å²) >= 11 is 0. The Balaban J connectivity index is 2.84. The van der Waals surface area contributed by atoms with Gasteiger partial charge in [-0.1, -0.05) is 25.1 Å². The second-order valence-corrected chi connectivity index (χ2v) is 5.60. The lowest BCUT2D eigenvalue weighted by atomic mass is 10.0. The van der Waals surface area contributed by atoms with Gasteiger partial charge in [-0.05, 0) is 44.7 Å². The van der Waals surface area contributed by atoms with Crippen molar-refractivity contribution < 1.29 is 0 Å². The van der Waals surface area contributed by atoms with Crippen molar-refractivity contribution in [2.45, 2.75) is 46.1 Å². The van der Waals surface area contributed by atoms with Gasteiger partial charge in [0.2, 0.25) is 0 Å². The fraction of sp³-hybridized carbons (Fsp3) is 0.600. The van der Waals surface area contributed by atoms with E-state index in [9.17, 15) is 0 Å². The van der Waals surface area contributed by atoms with Gasteiger partial charge < -0.3 is 10.6 Å². The zero-order chi connectivity index (χ0) is 13.1. The molecule has 1 aromatic rings. The zero-order valence-corrected chi connectivity index (χ0v) is 11.9. The lowest BCUT2D eigenvalue weighted by molar-refractivity contribution is 0.478. The summed E-state index contributed by atoms with van der Waals surface area (Å²) in [7, 11) is 2.16. The van der Waals surface area contributed by atoms with E-state index in [1.165, 1.54) is 16.8 Å². The van der Waals surface area contributed by atoms with Gasteiger partial charge in [0.05, 0.1) is 0 Å². The van der Waals surface area contributed by atoms with E-state index >= 15 is 0 Å². The van der Waals surface area contributed by atoms with Gasteiger partial charge in [-0.25, -0.2) is 0 Å². The maximum Gasteiger partial charge on any atom is 0.0425 e. The van der Waals surface area contributed by atoms with Gasteiger partial charge in [0.15, 0.2) is 0 Å². The number of anilines is 1. The first-order valence-corrected chi connectivity index (χ1v) is 6.43. The van der Waals surface area contributed by atoms with E-state index < -0.39 is 0 Å². The number of aryl methyl sites for hydroxylation is 2. The molecule has 0 radical (unpaired) electrons. The van der Waals surface area contributed by atoms with Crippen molar-refractivity contribution in [3.63, 3.8) is 0 Å². The highest BCUT2D eigenvalue weighted by Gasteiger charge is 2.14. The molecule has 0 aromatic heterocycles. The van der Waals surface area contributed by atoms with Gasteiger partial charge in [-0.15, -0.1) is 0 Å². The van der Waals surface area contributed by atoms with Crippen molar-refractivity contribution in [2.75, 3.05) is 18.5 Å². The summed E-state index contributed by atoms with van der Waals surface area (Å²) < 4.78 is 0. The molecular weight excluding hydrogens is 208 g/mol. The Morgan fingerprint density at radius 3 is 2.47 bits per heavy atom. The molecule has 0 aliphatic heterocycles. The Bertz CT molecular complexity index is 364. The Morgan fingerprint density at radius 2 is 1.94 bits per heavy atom. The lowest BCUT2D eigenvalue weighted by Crippen LogP contribution is -2.36. The minimum Gasteiger partial charge on any atom is -0.374 e. The fourth-order valence-electron chi connectivity index (χ4n) is 2.12. The van der Waals surface area contributed by atoms with Crippen LogP contribution in [0.3, 0.4) is 0 Å². The fourth-order valence-corrected chi connectivity index (χ4v) is 2.12. The average molecular weight is 234 g/mol. The molecular formula is C15H26N2. The number of para-hydroxylation sites is 1. The first-order chi connectivity index (χ1) is 7.85. The molecule has 0 unspecified atom stereocenters. The van der Waals surface area contributed by atoms with Crippen LogP contribution in [0, 0.1) is 6.92 Å². The monoisotopic (exact) mass is 234 g/mol. The van der Waals surface area contributed by atoms with Crippen LogP contribution >= 0.6 is 0 Å². The predicted molar refractivity (Wildman–Crippen MR) is 76.7 cm³/mol. The SMILES string of the molecule is CCc1cccc(C)c1N(C)CCC(C)(C)N. The van der Waals surface area contributed by atoms with Crippen LogP contribution in [0.1, 0.15) is 38.3 Å². The molecule has 0 atom stereocenters. The van der Waals surface area contributed by atoms with Gasteiger partial charge in [0.1, 0.15) is 0 Å². The standard InChI is InChI=1S/C15H26N2/c1-6-13-9-7-8-12(2)14(13)17(5)11-10-15(3,4)16/h7-9H,6,10-11,16H2,1-5H3. The van der Waals surface area contributed by atoms with Crippen molar-refractivity contribution in [1.29, 1.82) is 0 Å². The number of nitrogens with zero attached hydrogens (tertiary/aromatic N) is 1. The Morgan fingerprint density at radius 1 is 1.29 bits per heavy atom. The molecule has 96 valence electrons. The predicted octanol–water partition coefficient (Wildman–Crippen LogP) is 3.12. The highest BCUT2D eigenvalue weighted by atomic mass is 15.1. The quantitative estimate of drug-likeness (QED) is 0.848. The Hall–Kier alpha value is -1.02. The highest BCUT2D eigenvalue weighted by Crippen LogP contribution is 2.25. The third-order valence-electron chi connectivity index (χ3n) is 3.18. The molecule has 17 heavy (non-hydrogen) atoms. The van der Waals surface area contributed by atoms with Crippen LogP contribution in [-0.2, 0) is 6.42 Å². The van der Waals surface area contributed by atoms with Gasteiger partial charge in [0.25, 0.3) is 0 Å². The maximum atomic E-state index is 6.04. The maximum absolute atomic E-state index is 6.04. The van der Waals surface area contributed by atoms with E-state index in [-0.39, 0.29) is 5.54 Å². The van der Waals surface area contributed by atoms with E-state index in [0.29, 0.717) is 0 Å². The molecule has 0 spiro atoms. The molecule has 2 nitrogen and oxygen atoms in total. The van der Waals surface area contributed by atoms with Gasteiger partial charge in [0, 0.05) is 24.8 Å². The van der Waals surface area contributed by atoms with E-state index in [1.807, 2.05) is 0 Å². The summed E-state index contributed by atoms with van der Waals surface area (Å²) in [4.78, 5) is 2.34. The summed E-state index contributed by atoms with van der Waals surface area (Å²) in [6.07, 6.45) is 2.08. The van der Waals surface area contributed by atoms with Gasteiger partial charge in [-0.2, -0.15) is 0 Å². The number of hydrogen-bond donors (Lipinski definition) is 1. The molecule has 2 N–H and O–H groups in total. The number of rotatable bonds is 5. The van der Waals surface area contributed by atoms with Crippen molar-refractivity contribution >= 4 is 5.69 Å². The Kier molecular flexibility index (Phi) is 4.58. The largest absolute Gasteiger partial charge is 0.374 e. The highest BCUT2D eigenvalue weighted by molar-refractivity contribution is 5.58. The molecule has 0 aliphatic carbocycles. The van der Waals surface area contributed by atoms with Crippen LogP contribution in [0.15, 0.2) is 18.2 Å². The summed E-state index contributed by atoms with van der Waals surface area (Å²) in [5.41, 5.74) is 10.1. The molecule has 1 aromatic carbocycles. The zero-order valence-electron chi connectivity index (χ0n) is 11.9. The smallest absolute Gasteiger partial charge is 0.0425 e. The van der Waals surface area contributed by atoms with Crippen molar-refractivity contribution in [3.8, 4) is 0 Å². The topological polar surface area (TPSA) is 29.3 Å². The summed E-state index contributed by atoms with van der Waals surface area (Å²) in [5.74, 6) is 0. The summed E-state index contributed by atoms with van der Waals surface area (Å²) in [6.45, 7) is 9.55. The van der Waals surface area contributed by atoms with Crippen LogP contribution in [0.5, 0.6) is 0 Å². The molecule has 0 bridgehead atoms. The first-order valence-electron chi connectivity index (χ1n) is 6.43. The number of benzene rings is 1. The first kappa shape index (κ1) is 14.0. The van der Waals surface area contributed by atoms with Gasteiger partial charge >= 0.3 is 0 Å². The molecule has 0 amide bonds. The third kappa shape index (κ3) is 4.04. The minimum absolute atomic E-state index is 0.0939. The number of hydrogen-bond acceptors (Lipinski definition) is 2. The van der Waals surface area contributed by atoms with Crippen LogP contribution in [0.2, 0.25) is 0 Å². The average Bonchev–Trinajstić information content (AvgIpc) is 2.24. The molecule has 0 heterocycles.